The van der Waals surface area contributed by atoms with Crippen LogP contribution in [0.1, 0.15) is 11.3 Å². The zero-order valence-electron chi connectivity index (χ0n) is 15.7. The van der Waals surface area contributed by atoms with Gasteiger partial charge in [0.05, 0.1) is 33.4 Å². The van der Waals surface area contributed by atoms with E-state index >= 15 is 0 Å². The first-order chi connectivity index (χ1) is 14.5. The van der Waals surface area contributed by atoms with Crippen LogP contribution in [-0.4, -0.2) is 24.7 Å². The van der Waals surface area contributed by atoms with E-state index in [9.17, 15) is 10.1 Å². The fourth-order valence-corrected chi connectivity index (χ4v) is 3.73. The summed E-state index contributed by atoms with van der Waals surface area (Å²) in [6, 6.07) is 12.8. The summed E-state index contributed by atoms with van der Waals surface area (Å²) in [5.41, 5.74) is 3.45. The lowest BCUT2D eigenvalue weighted by atomic mass is 10.0. The van der Waals surface area contributed by atoms with E-state index in [1.807, 2.05) is 18.2 Å². The number of fused-ring (bicyclic) bond motifs is 2. The molecule has 0 fully saturated rings. The van der Waals surface area contributed by atoms with Crippen LogP contribution < -0.4 is 5.43 Å². The number of hydrogen-bond acceptors (Lipinski definition) is 5. The molecule has 5 rings (SSSR count). The van der Waals surface area contributed by atoms with Gasteiger partial charge >= 0.3 is 0 Å². The van der Waals surface area contributed by atoms with E-state index < -0.39 is 0 Å². The number of H-pyrrole nitrogens is 1. The molecule has 4 heterocycles. The first kappa shape index (κ1) is 18.0. The molecule has 4 aromatic heterocycles. The molecule has 0 bridgehead atoms. The summed E-state index contributed by atoms with van der Waals surface area (Å²) < 4.78 is 1.55. The lowest BCUT2D eigenvalue weighted by Gasteiger charge is -2.12. The molecule has 1 N–H and O–H groups in total. The van der Waals surface area contributed by atoms with Gasteiger partial charge in [0.25, 0.3) is 0 Å². The minimum atomic E-state index is -0.146. The number of nitrogens with zero attached hydrogens (tertiary/aromatic N) is 5. The summed E-state index contributed by atoms with van der Waals surface area (Å²) in [6.07, 6.45) is 4.86. The molecular formula is C22H13ClN6O. The summed E-state index contributed by atoms with van der Waals surface area (Å²) in [5, 5.41) is 15.6. The predicted molar refractivity (Wildman–Crippen MR) is 115 cm³/mol. The number of aromatic amines is 1. The van der Waals surface area contributed by atoms with Crippen molar-refractivity contribution in [3.05, 3.63) is 81.5 Å². The summed E-state index contributed by atoms with van der Waals surface area (Å²) in [5.74, 6) is 0.480. The first-order valence-electron chi connectivity index (χ1n) is 9.09. The Balaban J connectivity index is 1.87. The molecule has 8 heteroatoms. The third-order valence-electron chi connectivity index (χ3n) is 4.93. The first-order valence-corrected chi connectivity index (χ1v) is 9.47. The van der Waals surface area contributed by atoms with Gasteiger partial charge in [-0.1, -0.05) is 17.7 Å². The number of nitriles is 1. The summed E-state index contributed by atoms with van der Waals surface area (Å²) in [4.78, 5) is 24.4. The van der Waals surface area contributed by atoms with Crippen LogP contribution in [0.15, 0.2) is 59.8 Å². The van der Waals surface area contributed by atoms with Gasteiger partial charge in [-0.25, -0.2) is 9.67 Å². The lowest BCUT2D eigenvalue weighted by molar-refractivity contribution is 0.838. The van der Waals surface area contributed by atoms with Crippen molar-refractivity contribution in [2.24, 2.45) is 0 Å². The van der Waals surface area contributed by atoms with Crippen LogP contribution in [0, 0.1) is 18.3 Å². The molecule has 0 spiro atoms. The summed E-state index contributed by atoms with van der Waals surface area (Å²) in [7, 11) is 0. The topological polar surface area (TPSA) is 100 Å². The Bertz CT molecular complexity index is 1560. The Hall–Kier alpha value is -4.02. The van der Waals surface area contributed by atoms with Crippen molar-refractivity contribution >= 4 is 33.5 Å². The predicted octanol–water partition coefficient (Wildman–Crippen LogP) is 4.16. The van der Waals surface area contributed by atoms with Crippen molar-refractivity contribution in [3.63, 3.8) is 0 Å². The van der Waals surface area contributed by atoms with E-state index in [4.69, 9.17) is 11.6 Å². The highest BCUT2D eigenvalue weighted by atomic mass is 35.5. The molecule has 0 aliphatic rings. The van der Waals surface area contributed by atoms with Gasteiger partial charge in [-0.15, -0.1) is 0 Å². The maximum Gasteiger partial charge on any atom is 0.191 e. The van der Waals surface area contributed by atoms with Gasteiger partial charge in [0.15, 0.2) is 11.2 Å². The molecule has 0 atom stereocenters. The average Bonchev–Trinajstić information content (AvgIpc) is 3.14. The molecule has 0 unspecified atom stereocenters. The van der Waals surface area contributed by atoms with E-state index in [-0.39, 0.29) is 5.43 Å². The summed E-state index contributed by atoms with van der Waals surface area (Å²) in [6.45, 7) is 1.76. The van der Waals surface area contributed by atoms with Gasteiger partial charge in [-0.3, -0.25) is 9.78 Å². The van der Waals surface area contributed by atoms with Crippen LogP contribution in [-0.2, 0) is 0 Å². The fraction of sp³-hybridized carbons (Fsp3) is 0.0455. The highest BCUT2D eigenvalue weighted by molar-refractivity contribution is 6.35. The highest BCUT2D eigenvalue weighted by Crippen LogP contribution is 2.33. The standard InChI is InChI=1S/C22H13ClN6O/c1-12-15(10-24)11-29(28-12)22-16(9-17-19(30)4-6-26-21(17)27-22)14-7-13-3-2-5-25-20(13)18(23)8-14/h2-9,11H,1H3,(H,26,27,30). The molecule has 144 valence electrons. The van der Waals surface area contributed by atoms with Crippen molar-refractivity contribution in [2.45, 2.75) is 6.92 Å². The van der Waals surface area contributed by atoms with Gasteiger partial charge in [-0.2, -0.15) is 10.4 Å². The third kappa shape index (κ3) is 2.82. The maximum atomic E-state index is 12.4. The van der Waals surface area contributed by atoms with E-state index in [0.29, 0.717) is 44.2 Å². The zero-order valence-corrected chi connectivity index (χ0v) is 16.5. The smallest absolute Gasteiger partial charge is 0.191 e. The number of rotatable bonds is 2. The molecule has 0 aliphatic carbocycles. The number of aromatic nitrogens is 5. The van der Waals surface area contributed by atoms with Crippen molar-refractivity contribution in [1.82, 2.24) is 24.7 Å². The largest absolute Gasteiger partial charge is 0.346 e. The van der Waals surface area contributed by atoms with Gasteiger partial charge in [0.2, 0.25) is 0 Å². The van der Waals surface area contributed by atoms with Crippen LogP contribution in [0.2, 0.25) is 5.02 Å². The van der Waals surface area contributed by atoms with Gasteiger partial charge in [0, 0.05) is 29.4 Å². The molecule has 0 aliphatic heterocycles. The molecule has 0 saturated carbocycles. The van der Waals surface area contributed by atoms with E-state index in [1.165, 1.54) is 6.07 Å². The Morgan fingerprint density at radius 1 is 1.23 bits per heavy atom. The molecular weight excluding hydrogens is 400 g/mol. The Kier molecular flexibility index (Phi) is 4.09. The fourth-order valence-electron chi connectivity index (χ4n) is 3.46. The molecule has 0 saturated heterocycles. The van der Waals surface area contributed by atoms with Crippen LogP contribution in [0.3, 0.4) is 0 Å². The second kappa shape index (κ2) is 6.79. The van der Waals surface area contributed by atoms with E-state index in [2.05, 4.69) is 26.1 Å². The van der Waals surface area contributed by atoms with Crippen molar-refractivity contribution in [2.75, 3.05) is 0 Å². The molecule has 7 nitrogen and oxygen atoms in total. The molecule has 1 aromatic carbocycles. The zero-order chi connectivity index (χ0) is 20.8. The molecule has 0 radical (unpaired) electrons. The van der Waals surface area contributed by atoms with Crippen molar-refractivity contribution in [1.29, 1.82) is 5.26 Å². The Morgan fingerprint density at radius 2 is 2.10 bits per heavy atom. The molecule has 0 amide bonds. The Morgan fingerprint density at radius 3 is 2.90 bits per heavy atom. The van der Waals surface area contributed by atoms with Crippen LogP contribution in [0.25, 0.3) is 38.9 Å². The lowest BCUT2D eigenvalue weighted by Crippen LogP contribution is -2.07. The van der Waals surface area contributed by atoms with Gasteiger partial charge in [-0.05, 0) is 36.8 Å². The number of benzene rings is 1. The molecule has 5 aromatic rings. The molecule has 30 heavy (non-hydrogen) atoms. The SMILES string of the molecule is Cc1nn(-c2nc3[nH]ccc(=O)c3cc2-c2cc(Cl)c3ncccc3c2)cc1C#N. The average molecular weight is 413 g/mol. The maximum absolute atomic E-state index is 12.4. The van der Waals surface area contributed by atoms with Crippen LogP contribution >= 0.6 is 11.6 Å². The van der Waals surface area contributed by atoms with Gasteiger partial charge < -0.3 is 4.98 Å². The second-order valence-corrected chi connectivity index (χ2v) is 7.22. The normalized spacial score (nSPS) is 11.1. The second-order valence-electron chi connectivity index (χ2n) is 6.82. The van der Waals surface area contributed by atoms with Crippen LogP contribution in [0.4, 0.5) is 0 Å². The van der Waals surface area contributed by atoms with Crippen LogP contribution in [0.5, 0.6) is 0 Å². The van der Waals surface area contributed by atoms with Crippen molar-refractivity contribution in [3.8, 4) is 23.0 Å². The summed E-state index contributed by atoms with van der Waals surface area (Å²) >= 11 is 6.50. The monoisotopic (exact) mass is 412 g/mol. The minimum Gasteiger partial charge on any atom is -0.346 e. The van der Waals surface area contributed by atoms with E-state index in [0.717, 1.165) is 10.9 Å². The minimum absolute atomic E-state index is 0.146. The number of pyridine rings is 3. The highest BCUT2D eigenvalue weighted by Gasteiger charge is 2.17. The number of aryl methyl sites for hydroxylation is 1. The Labute approximate surface area is 175 Å². The number of halogens is 1. The number of hydrogen-bond donors (Lipinski definition) is 1. The quantitative estimate of drug-likeness (QED) is 0.469. The number of nitrogens with one attached hydrogen (secondary N) is 1. The van der Waals surface area contributed by atoms with E-state index in [1.54, 1.807) is 42.3 Å². The third-order valence-corrected chi connectivity index (χ3v) is 5.22. The van der Waals surface area contributed by atoms with Crippen molar-refractivity contribution < 1.29 is 0 Å². The van der Waals surface area contributed by atoms with Gasteiger partial charge in [0.1, 0.15) is 11.7 Å².